The van der Waals surface area contributed by atoms with Crippen molar-refractivity contribution in [1.29, 1.82) is 0 Å². The Morgan fingerprint density at radius 1 is 1.15 bits per heavy atom. The fraction of sp³-hybridized carbons (Fsp3) is 0.167. The van der Waals surface area contributed by atoms with Crippen LogP contribution in [-0.2, 0) is 14.4 Å². The molecule has 2 rings (SSSR count). The van der Waals surface area contributed by atoms with Gasteiger partial charge in [0.25, 0.3) is 11.6 Å². The van der Waals surface area contributed by atoms with Gasteiger partial charge in [0.15, 0.2) is 0 Å². The fourth-order valence-corrected chi connectivity index (χ4v) is 2.03. The van der Waals surface area contributed by atoms with Crippen molar-refractivity contribution in [1.82, 2.24) is 0 Å². The topological polar surface area (TPSA) is 123 Å². The summed E-state index contributed by atoms with van der Waals surface area (Å²) in [6, 6.07) is 12.5. The van der Waals surface area contributed by atoms with Crippen molar-refractivity contribution in [2.24, 2.45) is 5.16 Å². The van der Waals surface area contributed by atoms with E-state index >= 15 is 0 Å². The molecule has 0 heterocycles. The van der Waals surface area contributed by atoms with Crippen LogP contribution in [0.15, 0.2) is 53.7 Å². The summed E-state index contributed by atoms with van der Waals surface area (Å²) in [4.78, 5) is 38.4. The molecule has 0 aliphatic carbocycles. The first-order chi connectivity index (χ1) is 12.8. The number of nitro benzene ring substituents is 1. The monoisotopic (exact) mass is 370 g/mol. The van der Waals surface area contributed by atoms with E-state index in [2.05, 4.69) is 15.8 Å². The van der Waals surface area contributed by atoms with Crippen LogP contribution in [-0.4, -0.2) is 29.1 Å². The van der Waals surface area contributed by atoms with E-state index < -0.39 is 16.9 Å². The van der Waals surface area contributed by atoms with E-state index in [1.807, 2.05) is 0 Å². The van der Waals surface area contributed by atoms with E-state index in [0.29, 0.717) is 16.9 Å². The molecule has 0 fully saturated rings. The van der Waals surface area contributed by atoms with Crippen LogP contribution in [0.3, 0.4) is 0 Å². The van der Waals surface area contributed by atoms with Crippen molar-refractivity contribution in [3.63, 3.8) is 0 Å². The van der Waals surface area contributed by atoms with Crippen LogP contribution < -0.4 is 10.6 Å². The molecule has 0 aliphatic heterocycles. The van der Waals surface area contributed by atoms with Crippen molar-refractivity contribution >= 4 is 35.1 Å². The van der Waals surface area contributed by atoms with E-state index in [1.165, 1.54) is 38.3 Å². The SMILES string of the molecule is CC(=O)Nc1ccc(NC(=O)[C@H](C)O/N=C\c2cccc([N+](=O)[O-])c2)cc1. The van der Waals surface area contributed by atoms with Crippen molar-refractivity contribution in [3.8, 4) is 0 Å². The number of anilines is 2. The molecular formula is C18H18N4O5. The maximum absolute atomic E-state index is 12.1. The average molecular weight is 370 g/mol. The molecule has 1 atom stereocenters. The minimum Gasteiger partial charge on any atom is -0.383 e. The second kappa shape index (κ2) is 9.09. The van der Waals surface area contributed by atoms with Crippen molar-refractivity contribution in [2.45, 2.75) is 20.0 Å². The van der Waals surface area contributed by atoms with Gasteiger partial charge >= 0.3 is 0 Å². The lowest BCUT2D eigenvalue weighted by atomic mass is 10.2. The number of hydrogen-bond donors (Lipinski definition) is 2. The van der Waals surface area contributed by atoms with Gasteiger partial charge in [-0.15, -0.1) is 0 Å². The largest absolute Gasteiger partial charge is 0.383 e. The number of non-ortho nitro benzene ring substituents is 1. The van der Waals surface area contributed by atoms with E-state index in [-0.39, 0.29) is 11.6 Å². The molecule has 0 saturated carbocycles. The third kappa shape index (κ3) is 6.24. The summed E-state index contributed by atoms with van der Waals surface area (Å²) in [5.74, 6) is -0.603. The van der Waals surface area contributed by atoms with Gasteiger partial charge in [0.05, 0.1) is 11.1 Å². The molecule has 9 heteroatoms. The fourth-order valence-electron chi connectivity index (χ4n) is 2.03. The third-order valence-electron chi connectivity index (χ3n) is 3.34. The lowest BCUT2D eigenvalue weighted by Gasteiger charge is -2.11. The number of carbonyl (C=O) groups excluding carboxylic acids is 2. The molecule has 2 aromatic carbocycles. The standard InChI is InChI=1S/C18H18N4O5/c1-12(27-19-11-14-4-3-5-17(10-14)22(25)26)18(24)21-16-8-6-15(7-9-16)20-13(2)23/h3-12H,1-2H3,(H,20,23)(H,21,24)/b19-11-/t12-/m0/s1. The predicted molar refractivity (Wildman–Crippen MR) is 101 cm³/mol. The maximum Gasteiger partial charge on any atom is 0.270 e. The number of nitrogens with one attached hydrogen (secondary N) is 2. The number of rotatable bonds is 7. The van der Waals surface area contributed by atoms with Gasteiger partial charge in [-0.1, -0.05) is 17.3 Å². The number of amides is 2. The Morgan fingerprint density at radius 2 is 1.78 bits per heavy atom. The highest BCUT2D eigenvalue weighted by Crippen LogP contribution is 2.14. The first-order valence-corrected chi connectivity index (χ1v) is 7.97. The molecule has 0 unspecified atom stereocenters. The van der Waals surface area contributed by atoms with Gasteiger partial charge in [-0.2, -0.15) is 0 Å². The van der Waals surface area contributed by atoms with Gasteiger partial charge in [-0.25, -0.2) is 0 Å². The second-order valence-corrected chi connectivity index (χ2v) is 5.58. The Bertz CT molecular complexity index is 864. The Balaban J connectivity index is 1.89. The molecule has 0 saturated heterocycles. The molecule has 0 aliphatic rings. The van der Waals surface area contributed by atoms with E-state index in [9.17, 15) is 19.7 Å². The summed E-state index contributed by atoms with van der Waals surface area (Å²) in [5, 5.41) is 19.7. The zero-order valence-electron chi connectivity index (χ0n) is 14.7. The van der Waals surface area contributed by atoms with Crippen LogP contribution in [0.1, 0.15) is 19.4 Å². The van der Waals surface area contributed by atoms with Gasteiger partial charge in [-0.05, 0) is 31.2 Å². The molecule has 2 aromatic rings. The molecule has 0 radical (unpaired) electrons. The van der Waals surface area contributed by atoms with Crippen LogP contribution in [0.2, 0.25) is 0 Å². The second-order valence-electron chi connectivity index (χ2n) is 5.58. The minimum atomic E-state index is -0.880. The van der Waals surface area contributed by atoms with Gasteiger partial charge in [-0.3, -0.25) is 19.7 Å². The lowest BCUT2D eigenvalue weighted by Crippen LogP contribution is -2.26. The molecule has 2 amide bonds. The highest BCUT2D eigenvalue weighted by Gasteiger charge is 2.14. The zero-order chi connectivity index (χ0) is 19.8. The Hall–Kier alpha value is -3.75. The van der Waals surface area contributed by atoms with E-state index in [0.717, 1.165) is 0 Å². The number of nitrogens with zero attached hydrogens (tertiary/aromatic N) is 2. The molecule has 140 valence electrons. The number of benzene rings is 2. The van der Waals surface area contributed by atoms with Crippen LogP contribution in [0.4, 0.5) is 17.1 Å². The third-order valence-corrected chi connectivity index (χ3v) is 3.34. The Kier molecular flexibility index (Phi) is 6.59. The normalized spacial score (nSPS) is 11.6. The van der Waals surface area contributed by atoms with Gasteiger partial charge in [0.1, 0.15) is 0 Å². The molecule has 2 N–H and O–H groups in total. The number of carbonyl (C=O) groups is 2. The molecule has 0 aromatic heterocycles. The molecular weight excluding hydrogens is 352 g/mol. The summed E-state index contributed by atoms with van der Waals surface area (Å²) < 4.78 is 0. The highest BCUT2D eigenvalue weighted by atomic mass is 16.6. The quantitative estimate of drug-likeness (QED) is 0.441. The zero-order valence-corrected chi connectivity index (χ0v) is 14.7. The highest BCUT2D eigenvalue weighted by molar-refractivity contribution is 5.94. The summed E-state index contributed by atoms with van der Waals surface area (Å²) in [6.45, 7) is 2.93. The van der Waals surface area contributed by atoms with Crippen molar-refractivity contribution in [3.05, 3.63) is 64.2 Å². The average Bonchev–Trinajstić information content (AvgIpc) is 2.63. The van der Waals surface area contributed by atoms with Gasteiger partial charge < -0.3 is 15.5 Å². The van der Waals surface area contributed by atoms with Crippen molar-refractivity contribution in [2.75, 3.05) is 10.6 Å². The predicted octanol–water partition coefficient (Wildman–Crippen LogP) is 2.93. The minimum absolute atomic E-state index is 0.0625. The molecule has 0 spiro atoms. The maximum atomic E-state index is 12.1. The number of oxime groups is 1. The van der Waals surface area contributed by atoms with Gasteiger partial charge in [0, 0.05) is 36.0 Å². The van der Waals surface area contributed by atoms with Crippen LogP contribution in [0.5, 0.6) is 0 Å². The molecule has 0 bridgehead atoms. The van der Waals surface area contributed by atoms with Gasteiger partial charge in [0.2, 0.25) is 12.0 Å². The summed E-state index contributed by atoms with van der Waals surface area (Å²) in [6.07, 6.45) is 0.411. The van der Waals surface area contributed by atoms with E-state index in [4.69, 9.17) is 4.84 Å². The van der Waals surface area contributed by atoms with Crippen LogP contribution in [0.25, 0.3) is 0 Å². The van der Waals surface area contributed by atoms with E-state index in [1.54, 1.807) is 30.3 Å². The van der Waals surface area contributed by atoms with Crippen molar-refractivity contribution < 1.29 is 19.3 Å². The first-order valence-electron chi connectivity index (χ1n) is 7.97. The summed E-state index contributed by atoms with van der Waals surface area (Å²) in [5.41, 5.74) is 1.57. The Labute approximate surface area is 155 Å². The number of hydrogen-bond acceptors (Lipinski definition) is 6. The summed E-state index contributed by atoms with van der Waals surface area (Å²) >= 11 is 0. The van der Waals surface area contributed by atoms with Crippen LogP contribution in [0, 0.1) is 10.1 Å². The van der Waals surface area contributed by atoms with Crippen LogP contribution >= 0.6 is 0 Å². The number of nitro groups is 1. The first kappa shape index (κ1) is 19.6. The molecule has 27 heavy (non-hydrogen) atoms. The Morgan fingerprint density at radius 3 is 2.37 bits per heavy atom. The molecule has 9 nitrogen and oxygen atoms in total. The lowest BCUT2D eigenvalue weighted by molar-refractivity contribution is -0.384. The summed E-state index contributed by atoms with van der Waals surface area (Å²) in [7, 11) is 0. The smallest absolute Gasteiger partial charge is 0.270 e.